The van der Waals surface area contributed by atoms with Gasteiger partial charge in [0.2, 0.25) is 6.20 Å². The number of nitro groups is 1. The molecular weight excluding hydrogens is 322 g/mol. The van der Waals surface area contributed by atoms with Crippen molar-refractivity contribution in [1.29, 1.82) is 0 Å². The van der Waals surface area contributed by atoms with Crippen LogP contribution in [0.3, 0.4) is 0 Å². The molecule has 2 aromatic carbocycles. The van der Waals surface area contributed by atoms with Crippen molar-refractivity contribution in [3.8, 4) is 11.5 Å². The molecule has 25 heavy (non-hydrogen) atoms. The minimum absolute atomic E-state index is 0.387. The Balaban J connectivity index is 2.11. The van der Waals surface area contributed by atoms with Crippen LogP contribution in [0.4, 0.5) is 0 Å². The zero-order chi connectivity index (χ0) is 17.9. The van der Waals surface area contributed by atoms with E-state index in [9.17, 15) is 10.1 Å². The van der Waals surface area contributed by atoms with Crippen molar-refractivity contribution in [2.24, 2.45) is 0 Å². The molecule has 0 amide bonds. The van der Waals surface area contributed by atoms with E-state index in [0.717, 1.165) is 18.2 Å². The summed E-state index contributed by atoms with van der Waals surface area (Å²) in [7, 11) is 1.64. The maximum Gasteiger partial charge on any atom is 0.235 e. The summed E-state index contributed by atoms with van der Waals surface area (Å²) in [5.41, 5.74) is 1.70. The molecular formula is C19H21NO5. The van der Waals surface area contributed by atoms with Gasteiger partial charge in [0.05, 0.1) is 11.5 Å². The molecule has 0 aliphatic carbocycles. The van der Waals surface area contributed by atoms with Crippen LogP contribution in [-0.2, 0) is 11.3 Å². The average molecular weight is 343 g/mol. The van der Waals surface area contributed by atoms with Crippen LogP contribution in [0.1, 0.15) is 17.5 Å². The molecule has 0 fully saturated rings. The summed E-state index contributed by atoms with van der Waals surface area (Å²) in [6, 6.07) is 15.0. The van der Waals surface area contributed by atoms with Crippen molar-refractivity contribution in [3.05, 3.63) is 76.0 Å². The first kappa shape index (κ1) is 18.5. The molecule has 0 N–H and O–H groups in total. The molecule has 6 nitrogen and oxygen atoms in total. The van der Waals surface area contributed by atoms with E-state index in [1.54, 1.807) is 25.3 Å². The van der Waals surface area contributed by atoms with E-state index in [-0.39, 0.29) is 0 Å². The Kier molecular flexibility index (Phi) is 7.46. The Morgan fingerprint density at radius 3 is 2.56 bits per heavy atom. The maximum atomic E-state index is 10.5. The number of nitrogens with zero attached hydrogens (tertiary/aromatic N) is 1. The first-order chi connectivity index (χ1) is 12.2. The highest BCUT2D eigenvalue weighted by Gasteiger charge is 2.07. The molecule has 0 heterocycles. The summed E-state index contributed by atoms with van der Waals surface area (Å²) < 4.78 is 16.6. The Morgan fingerprint density at radius 2 is 1.84 bits per heavy atom. The molecule has 132 valence electrons. The van der Waals surface area contributed by atoms with Gasteiger partial charge < -0.3 is 14.2 Å². The van der Waals surface area contributed by atoms with Crippen LogP contribution in [-0.4, -0.2) is 25.2 Å². The average Bonchev–Trinajstić information content (AvgIpc) is 2.63. The van der Waals surface area contributed by atoms with Crippen LogP contribution in [0.2, 0.25) is 0 Å². The summed E-state index contributed by atoms with van der Waals surface area (Å²) in [5, 5.41) is 10.5. The molecule has 0 saturated carbocycles. The van der Waals surface area contributed by atoms with Crippen molar-refractivity contribution < 1.29 is 19.1 Å². The van der Waals surface area contributed by atoms with Crippen molar-refractivity contribution >= 4 is 6.08 Å². The Labute approximate surface area is 146 Å². The summed E-state index contributed by atoms with van der Waals surface area (Å²) in [6.07, 6.45) is 3.08. The lowest BCUT2D eigenvalue weighted by Crippen LogP contribution is -2.04. The summed E-state index contributed by atoms with van der Waals surface area (Å²) in [5.74, 6) is 1.15. The van der Waals surface area contributed by atoms with Gasteiger partial charge in [-0.2, -0.15) is 0 Å². The molecule has 2 aromatic rings. The van der Waals surface area contributed by atoms with Gasteiger partial charge >= 0.3 is 0 Å². The highest BCUT2D eigenvalue weighted by atomic mass is 16.6. The Morgan fingerprint density at radius 1 is 1.04 bits per heavy atom. The number of hydrogen-bond acceptors (Lipinski definition) is 5. The van der Waals surface area contributed by atoms with E-state index < -0.39 is 4.92 Å². The highest BCUT2D eigenvalue weighted by molar-refractivity contribution is 5.55. The van der Waals surface area contributed by atoms with E-state index in [0.29, 0.717) is 36.9 Å². The topological polar surface area (TPSA) is 70.8 Å². The lowest BCUT2D eigenvalue weighted by molar-refractivity contribution is -0.400. The zero-order valence-corrected chi connectivity index (χ0v) is 14.1. The first-order valence-corrected chi connectivity index (χ1v) is 7.93. The third kappa shape index (κ3) is 6.64. The van der Waals surface area contributed by atoms with E-state index in [1.165, 1.54) is 6.08 Å². The van der Waals surface area contributed by atoms with Gasteiger partial charge in [-0.25, -0.2) is 0 Å². The standard InChI is InChI=1S/C19H21NO5/c1-23-12-5-13-24-18-9-8-16(10-11-20(21)22)14-19(18)25-15-17-6-3-2-4-7-17/h2-4,6-11,14H,5,12-13,15H2,1H3. The van der Waals surface area contributed by atoms with Gasteiger partial charge in [0, 0.05) is 26.2 Å². The molecule has 0 unspecified atom stereocenters. The fourth-order valence-corrected chi connectivity index (χ4v) is 2.13. The van der Waals surface area contributed by atoms with Gasteiger partial charge in [0.1, 0.15) is 6.61 Å². The predicted octanol–water partition coefficient (Wildman–Crippen LogP) is 3.93. The highest BCUT2D eigenvalue weighted by Crippen LogP contribution is 2.30. The predicted molar refractivity (Wildman–Crippen MR) is 95.2 cm³/mol. The second-order valence-electron chi connectivity index (χ2n) is 5.28. The number of hydrogen-bond donors (Lipinski definition) is 0. The Hall–Kier alpha value is -2.86. The SMILES string of the molecule is COCCCOc1ccc(C=C[N+](=O)[O-])cc1OCc1ccccc1. The smallest absolute Gasteiger partial charge is 0.235 e. The van der Waals surface area contributed by atoms with Gasteiger partial charge in [-0.3, -0.25) is 10.1 Å². The molecule has 0 aliphatic heterocycles. The maximum absolute atomic E-state index is 10.5. The second kappa shape index (κ2) is 10.1. The lowest BCUT2D eigenvalue weighted by atomic mass is 10.2. The molecule has 0 spiro atoms. The van der Waals surface area contributed by atoms with Gasteiger partial charge in [-0.15, -0.1) is 0 Å². The molecule has 0 aromatic heterocycles. The van der Waals surface area contributed by atoms with E-state index in [1.807, 2.05) is 30.3 Å². The summed E-state index contributed by atoms with van der Waals surface area (Å²) in [4.78, 5) is 9.99. The third-order valence-corrected chi connectivity index (χ3v) is 3.34. The van der Waals surface area contributed by atoms with Crippen molar-refractivity contribution in [2.75, 3.05) is 20.3 Å². The summed E-state index contributed by atoms with van der Waals surface area (Å²) >= 11 is 0. The minimum atomic E-state index is -0.500. The fraction of sp³-hybridized carbons (Fsp3) is 0.263. The van der Waals surface area contributed by atoms with E-state index >= 15 is 0 Å². The van der Waals surface area contributed by atoms with Gasteiger partial charge in [-0.05, 0) is 23.3 Å². The van der Waals surface area contributed by atoms with Crippen molar-refractivity contribution in [2.45, 2.75) is 13.0 Å². The minimum Gasteiger partial charge on any atom is -0.490 e. The molecule has 0 aliphatic rings. The third-order valence-electron chi connectivity index (χ3n) is 3.34. The van der Waals surface area contributed by atoms with E-state index in [4.69, 9.17) is 14.2 Å². The van der Waals surface area contributed by atoms with Gasteiger partial charge in [0.25, 0.3) is 0 Å². The number of ether oxygens (including phenoxy) is 3. The quantitative estimate of drug-likeness (QED) is 0.371. The van der Waals surface area contributed by atoms with Crippen LogP contribution >= 0.6 is 0 Å². The summed E-state index contributed by atoms with van der Waals surface area (Å²) in [6.45, 7) is 1.50. The molecule has 0 radical (unpaired) electrons. The normalized spacial score (nSPS) is 10.8. The number of methoxy groups -OCH3 is 1. The second-order valence-corrected chi connectivity index (χ2v) is 5.28. The van der Waals surface area contributed by atoms with Crippen LogP contribution in [0, 0.1) is 10.1 Å². The van der Waals surface area contributed by atoms with E-state index in [2.05, 4.69) is 0 Å². The van der Waals surface area contributed by atoms with Crippen LogP contribution in [0.25, 0.3) is 6.08 Å². The van der Waals surface area contributed by atoms with Crippen LogP contribution in [0.15, 0.2) is 54.7 Å². The van der Waals surface area contributed by atoms with Gasteiger partial charge in [0.15, 0.2) is 11.5 Å². The molecule has 0 bridgehead atoms. The lowest BCUT2D eigenvalue weighted by Gasteiger charge is -2.13. The largest absolute Gasteiger partial charge is 0.490 e. The monoisotopic (exact) mass is 343 g/mol. The fourth-order valence-electron chi connectivity index (χ4n) is 2.13. The van der Waals surface area contributed by atoms with Crippen molar-refractivity contribution in [3.63, 3.8) is 0 Å². The van der Waals surface area contributed by atoms with Crippen LogP contribution in [0.5, 0.6) is 11.5 Å². The number of benzene rings is 2. The first-order valence-electron chi connectivity index (χ1n) is 7.93. The van der Waals surface area contributed by atoms with Crippen LogP contribution < -0.4 is 9.47 Å². The number of rotatable bonds is 10. The Bertz CT molecular complexity index is 700. The van der Waals surface area contributed by atoms with Gasteiger partial charge in [-0.1, -0.05) is 36.4 Å². The van der Waals surface area contributed by atoms with Crippen molar-refractivity contribution in [1.82, 2.24) is 0 Å². The molecule has 0 atom stereocenters. The molecule has 0 saturated heterocycles. The zero-order valence-electron chi connectivity index (χ0n) is 14.1. The molecule has 6 heteroatoms. The molecule has 2 rings (SSSR count).